The van der Waals surface area contributed by atoms with Crippen LogP contribution >= 0.6 is 0 Å². The summed E-state index contributed by atoms with van der Waals surface area (Å²) in [7, 11) is 3.17. The molecule has 0 saturated heterocycles. The summed E-state index contributed by atoms with van der Waals surface area (Å²) in [6.07, 6.45) is 0. The van der Waals surface area contributed by atoms with Crippen molar-refractivity contribution in [1.82, 2.24) is 24.4 Å². The van der Waals surface area contributed by atoms with Crippen molar-refractivity contribution in [2.75, 3.05) is 14.2 Å². The normalized spacial score (nSPS) is 10.9. The molecular weight excluding hydrogens is 386 g/mol. The lowest BCUT2D eigenvalue weighted by Gasteiger charge is -2.11. The number of hydrogen-bond donors (Lipinski definition) is 0. The van der Waals surface area contributed by atoms with Gasteiger partial charge in [0.05, 0.1) is 19.9 Å². The number of hydrogen-bond acceptors (Lipinski definition) is 7. The molecule has 0 amide bonds. The van der Waals surface area contributed by atoms with E-state index in [2.05, 4.69) is 15.3 Å². The third kappa shape index (κ3) is 3.41. The summed E-state index contributed by atoms with van der Waals surface area (Å²) in [5, 5.41) is 12.6. The van der Waals surface area contributed by atoms with Gasteiger partial charge >= 0.3 is 5.69 Å². The third-order valence-corrected chi connectivity index (χ3v) is 4.61. The van der Waals surface area contributed by atoms with Crippen molar-refractivity contribution < 1.29 is 14.3 Å². The van der Waals surface area contributed by atoms with Gasteiger partial charge in [-0.25, -0.2) is 13.9 Å². The van der Waals surface area contributed by atoms with Crippen LogP contribution in [0.5, 0.6) is 11.5 Å². The van der Waals surface area contributed by atoms with E-state index in [0.717, 1.165) is 15.8 Å². The van der Waals surface area contributed by atoms with Crippen molar-refractivity contribution in [3.63, 3.8) is 0 Å². The molecular formula is C21H19N5O4. The van der Waals surface area contributed by atoms with E-state index in [1.807, 2.05) is 24.3 Å². The molecule has 0 atom stereocenters. The van der Waals surface area contributed by atoms with E-state index in [1.54, 1.807) is 38.5 Å². The van der Waals surface area contributed by atoms with Gasteiger partial charge in [0, 0.05) is 11.1 Å². The minimum absolute atomic E-state index is 0.115. The van der Waals surface area contributed by atoms with Gasteiger partial charge in [-0.2, -0.15) is 0 Å². The zero-order valence-electron chi connectivity index (χ0n) is 16.7. The number of ether oxygens (including phenoxy) is 2. The van der Waals surface area contributed by atoms with E-state index in [4.69, 9.17) is 9.47 Å². The molecule has 9 heteroatoms. The fourth-order valence-corrected chi connectivity index (χ4v) is 3.18. The van der Waals surface area contributed by atoms with Crippen molar-refractivity contribution in [3.8, 4) is 34.0 Å². The molecule has 2 aromatic heterocycles. The molecule has 2 heterocycles. The molecule has 2 aromatic carbocycles. The van der Waals surface area contributed by atoms with Gasteiger partial charge in [0.2, 0.25) is 0 Å². The Morgan fingerprint density at radius 2 is 1.47 bits per heavy atom. The molecule has 4 rings (SSSR count). The number of carbonyl (C=O) groups is 1. The first-order valence-corrected chi connectivity index (χ1v) is 9.16. The van der Waals surface area contributed by atoms with Gasteiger partial charge in [-0.3, -0.25) is 4.79 Å². The highest BCUT2D eigenvalue weighted by atomic mass is 16.5. The fourth-order valence-electron chi connectivity index (χ4n) is 3.18. The first kappa shape index (κ1) is 19.3. The number of carbonyl (C=O) groups excluding carboxylic acids is 1. The molecule has 30 heavy (non-hydrogen) atoms. The topological polar surface area (TPSA) is 101 Å². The molecule has 0 radical (unpaired) electrons. The van der Waals surface area contributed by atoms with Crippen LogP contribution in [0.4, 0.5) is 0 Å². The van der Waals surface area contributed by atoms with Gasteiger partial charge in [-0.1, -0.05) is 0 Å². The zero-order chi connectivity index (χ0) is 21.3. The Kier molecular flexibility index (Phi) is 5.01. The summed E-state index contributed by atoms with van der Waals surface area (Å²) in [5.41, 5.74) is 2.04. The Morgan fingerprint density at radius 3 is 2.00 bits per heavy atom. The monoisotopic (exact) mass is 405 g/mol. The second-order valence-electron chi connectivity index (χ2n) is 6.63. The van der Waals surface area contributed by atoms with Crippen LogP contribution in [0.3, 0.4) is 0 Å². The van der Waals surface area contributed by atoms with Gasteiger partial charge in [-0.05, 0) is 55.5 Å². The molecule has 0 aliphatic rings. The Balaban J connectivity index is 2.01. The number of aromatic nitrogens is 5. The molecule has 0 aliphatic heterocycles. The van der Waals surface area contributed by atoms with Gasteiger partial charge in [0.1, 0.15) is 23.7 Å². The van der Waals surface area contributed by atoms with Gasteiger partial charge in [0.25, 0.3) is 5.78 Å². The minimum Gasteiger partial charge on any atom is -0.497 e. The van der Waals surface area contributed by atoms with Gasteiger partial charge in [-0.15, -0.1) is 15.3 Å². The summed E-state index contributed by atoms with van der Waals surface area (Å²) in [6, 6.07) is 14.5. The number of Topliss-reactive ketones (excluding diaryl/α,β-unsaturated/α-hetero) is 1. The van der Waals surface area contributed by atoms with Crippen LogP contribution in [0.1, 0.15) is 6.92 Å². The molecule has 9 nitrogen and oxygen atoms in total. The summed E-state index contributed by atoms with van der Waals surface area (Å²) in [5.74, 6) is 1.31. The number of benzene rings is 2. The number of ketones is 1. The lowest BCUT2D eigenvalue weighted by molar-refractivity contribution is -0.117. The van der Waals surface area contributed by atoms with Crippen LogP contribution in [0, 0.1) is 0 Å². The van der Waals surface area contributed by atoms with Crippen molar-refractivity contribution in [3.05, 3.63) is 59.0 Å². The standard InChI is InChI=1S/C21H19N5O4/c1-13(27)12-25-21(28)26-19(15-6-10-17(30-3)11-7-15)18(22-23-20(26)24-25)14-4-8-16(29-2)9-5-14/h4-11H,12H2,1-3H3. The van der Waals surface area contributed by atoms with Crippen LogP contribution in [-0.4, -0.2) is 44.4 Å². The highest BCUT2D eigenvalue weighted by molar-refractivity contribution is 5.79. The molecule has 4 aromatic rings. The second-order valence-corrected chi connectivity index (χ2v) is 6.63. The Morgan fingerprint density at radius 1 is 0.900 bits per heavy atom. The Hall–Kier alpha value is -4.01. The maximum Gasteiger partial charge on any atom is 0.352 e. The maximum atomic E-state index is 13.1. The van der Waals surface area contributed by atoms with Crippen molar-refractivity contribution in [2.24, 2.45) is 0 Å². The highest BCUT2D eigenvalue weighted by Crippen LogP contribution is 2.31. The molecule has 0 unspecified atom stereocenters. The fraction of sp³-hybridized carbons (Fsp3) is 0.190. The quantitative estimate of drug-likeness (QED) is 0.485. The predicted octanol–water partition coefficient (Wildman–Crippen LogP) is 2.23. The average Bonchev–Trinajstić information content (AvgIpc) is 3.08. The van der Waals surface area contributed by atoms with Crippen molar-refractivity contribution in [1.29, 1.82) is 0 Å². The largest absolute Gasteiger partial charge is 0.497 e. The lowest BCUT2D eigenvalue weighted by Crippen LogP contribution is -2.25. The van der Waals surface area contributed by atoms with Crippen molar-refractivity contribution in [2.45, 2.75) is 13.5 Å². The van der Waals surface area contributed by atoms with Crippen LogP contribution in [0.2, 0.25) is 0 Å². The first-order valence-electron chi connectivity index (χ1n) is 9.16. The van der Waals surface area contributed by atoms with Crippen LogP contribution in [-0.2, 0) is 11.3 Å². The Bertz CT molecular complexity index is 1270. The first-order chi connectivity index (χ1) is 14.5. The zero-order valence-corrected chi connectivity index (χ0v) is 16.7. The van der Waals surface area contributed by atoms with E-state index in [-0.39, 0.29) is 18.1 Å². The van der Waals surface area contributed by atoms with Crippen LogP contribution in [0.25, 0.3) is 28.3 Å². The van der Waals surface area contributed by atoms with E-state index in [1.165, 1.54) is 11.3 Å². The summed E-state index contributed by atoms with van der Waals surface area (Å²) >= 11 is 0. The number of rotatable bonds is 6. The summed E-state index contributed by atoms with van der Waals surface area (Å²) < 4.78 is 12.9. The SMILES string of the molecule is COc1ccc(-c2nnc3nn(CC(C)=O)c(=O)n3c2-c2ccc(OC)cc2)cc1. The molecule has 0 spiro atoms. The van der Waals surface area contributed by atoms with E-state index >= 15 is 0 Å². The highest BCUT2D eigenvalue weighted by Gasteiger charge is 2.20. The molecule has 0 saturated carbocycles. The summed E-state index contributed by atoms with van der Waals surface area (Å²) in [6.45, 7) is 1.26. The summed E-state index contributed by atoms with van der Waals surface area (Å²) in [4.78, 5) is 24.6. The van der Waals surface area contributed by atoms with E-state index in [9.17, 15) is 9.59 Å². The Labute approximate surface area is 171 Å². The predicted molar refractivity (Wildman–Crippen MR) is 110 cm³/mol. The minimum atomic E-state index is -0.462. The number of methoxy groups -OCH3 is 2. The van der Waals surface area contributed by atoms with Gasteiger partial charge < -0.3 is 9.47 Å². The lowest BCUT2D eigenvalue weighted by atomic mass is 10.0. The van der Waals surface area contributed by atoms with E-state index in [0.29, 0.717) is 22.9 Å². The smallest absolute Gasteiger partial charge is 0.352 e. The van der Waals surface area contributed by atoms with Crippen LogP contribution < -0.4 is 15.2 Å². The maximum absolute atomic E-state index is 13.1. The molecule has 0 aliphatic carbocycles. The number of fused-ring (bicyclic) bond motifs is 1. The molecule has 0 N–H and O–H groups in total. The second kappa shape index (κ2) is 7.78. The molecule has 0 fully saturated rings. The van der Waals surface area contributed by atoms with Crippen molar-refractivity contribution >= 4 is 11.6 Å². The molecule has 152 valence electrons. The average molecular weight is 405 g/mol. The van der Waals surface area contributed by atoms with E-state index < -0.39 is 5.69 Å². The van der Waals surface area contributed by atoms with Crippen LogP contribution in [0.15, 0.2) is 53.3 Å². The molecule has 0 bridgehead atoms. The third-order valence-electron chi connectivity index (χ3n) is 4.61. The number of nitrogens with zero attached hydrogens (tertiary/aromatic N) is 5. The van der Waals surface area contributed by atoms with Gasteiger partial charge in [0.15, 0.2) is 5.78 Å².